The molecule has 4 rings (SSSR count). The molecule has 0 saturated carbocycles. The van der Waals surface area contributed by atoms with E-state index in [2.05, 4.69) is 10.6 Å². The second kappa shape index (κ2) is 8.91. The maximum Gasteiger partial charge on any atom is 0.196 e. The Kier molecular flexibility index (Phi) is 6.08. The summed E-state index contributed by atoms with van der Waals surface area (Å²) in [4.78, 5) is 18.1. The van der Waals surface area contributed by atoms with E-state index in [0.717, 1.165) is 17.7 Å². The average Bonchev–Trinajstić information content (AvgIpc) is 2.76. The first-order chi connectivity index (χ1) is 14.6. The zero-order chi connectivity index (χ0) is 21.1. The van der Waals surface area contributed by atoms with Crippen LogP contribution in [0.1, 0.15) is 6.42 Å². The molecule has 4 aromatic rings. The summed E-state index contributed by atoms with van der Waals surface area (Å²) in [6, 6.07) is 9.71. The van der Waals surface area contributed by atoms with E-state index >= 15 is 0 Å². The minimum Gasteiger partial charge on any atom is -0.497 e. The van der Waals surface area contributed by atoms with Crippen molar-refractivity contribution >= 4 is 48.2 Å². The number of hydrogen-bond acceptors (Lipinski definition) is 7. The lowest BCUT2D eigenvalue weighted by Crippen LogP contribution is -2.21. The first-order valence-electron chi connectivity index (χ1n) is 9.71. The maximum atomic E-state index is 13.8. The summed E-state index contributed by atoms with van der Waals surface area (Å²) in [7, 11) is 1.57. The molecular formula is C22H22FN3O3S. The van der Waals surface area contributed by atoms with Gasteiger partial charge in [-0.3, -0.25) is 4.79 Å². The maximum absolute atomic E-state index is 13.8. The Morgan fingerprint density at radius 1 is 1.13 bits per heavy atom. The quantitative estimate of drug-likeness (QED) is 0.227. The Hall–Kier alpha value is -2.81. The van der Waals surface area contributed by atoms with Crippen molar-refractivity contribution < 1.29 is 14.2 Å². The number of methoxy groups -OCH3 is 1. The molecule has 0 spiro atoms. The molecular weight excluding hydrogens is 405 g/mol. The normalized spacial score (nSPS) is 11.4. The summed E-state index contributed by atoms with van der Waals surface area (Å²) in [5.74, 6) is 0.832. The highest BCUT2D eigenvalue weighted by molar-refractivity contribution is 7.25. The fourth-order valence-electron chi connectivity index (χ4n) is 3.43. The highest BCUT2D eigenvalue weighted by atomic mass is 32.1. The number of rotatable bonds is 8. The molecule has 6 nitrogen and oxygen atoms in total. The zero-order valence-electron chi connectivity index (χ0n) is 16.5. The highest BCUT2D eigenvalue weighted by Gasteiger charge is 2.16. The molecule has 3 N–H and O–H groups in total. The van der Waals surface area contributed by atoms with Crippen LogP contribution in [0.25, 0.3) is 31.1 Å². The second-order valence-electron chi connectivity index (χ2n) is 6.87. The van der Waals surface area contributed by atoms with Gasteiger partial charge in [0, 0.05) is 28.6 Å². The molecule has 0 atom stereocenters. The molecule has 0 saturated heterocycles. The molecule has 156 valence electrons. The Morgan fingerprint density at radius 2 is 2.00 bits per heavy atom. The molecule has 30 heavy (non-hydrogen) atoms. The number of nitrogens with one attached hydrogen (secondary N) is 2. The molecule has 2 aromatic heterocycles. The van der Waals surface area contributed by atoms with Gasteiger partial charge >= 0.3 is 0 Å². The molecule has 0 bridgehead atoms. The summed E-state index contributed by atoms with van der Waals surface area (Å²) in [5.41, 5.74) is 0.454. The van der Waals surface area contributed by atoms with Crippen LogP contribution in [0.5, 0.6) is 5.75 Å². The molecule has 0 aliphatic heterocycles. The third-order valence-electron chi connectivity index (χ3n) is 4.88. The van der Waals surface area contributed by atoms with E-state index in [-0.39, 0.29) is 12.0 Å². The van der Waals surface area contributed by atoms with Gasteiger partial charge in [0.2, 0.25) is 0 Å². The minimum atomic E-state index is -0.434. The highest BCUT2D eigenvalue weighted by Crippen LogP contribution is 2.35. The number of halogens is 1. The number of aromatic nitrogens is 1. The zero-order valence-corrected chi connectivity index (χ0v) is 17.3. The van der Waals surface area contributed by atoms with Gasteiger partial charge < -0.3 is 20.5 Å². The standard InChI is InChI=1S/C22H22FN3O3S/c1-29-14-4-5-17-15(12-14)19-20(28)16-11-13(23)3-6-18(16)30-21(19)22(26-17)25-8-2-7-24-9-10-27/h3-6,11-12,24,27H,2,7-10H2,1H3,(H,25,26). The van der Waals surface area contributed by atoms with Crippen LogP contribution in [0.2, 0.25) is 0 Å². The Bertz CT molecular complexity index is 1280. The molecule has 0 aliphatic carbocycles. The van der Waals surface area contributed by atoms with E-state index in [9.17, 15) is 9.18 Å². The molecule has 2 heterocycles. The molecule has 8 heteroatoms. The van der Waals surface area contributed by atoms with E-state index in [0.29, 0.717) is 51.0 Å². The van der Waals surface area contributed by atoms with Gasteiger partial charge in [-0.05, 0) is 49.4 Å². The average molecular weight is 428 g/mol. The third kappa shape index (κ3) is 3.94. The summed E-state index contributed by atoms with van der Waals surface area (Å²) in [6.07, 6.45) is 0.831. The Balaban J connectivity index is 1.87. The van der Waals surface area contributed by atoms with Crippen molar-refractivity contribution in [3.63, 3.8) is 0 Å². The van der Waals surface area contributed by atoms with Crippen molar-refractivity contribution in [2.75, 3.05) is 38.7 Å². The van der Waals surface area contributed by atoms with Crippen LogP contribution in [-0.4, -0.2) is 43.4 Å². The summed E-state index contributed by atoms with van der Waals surface area (Å²) < 4.78 is 20.6. The Morgan fingerprint density at radius 3 is 2.80 bits per heavy atom. The van der Waals surface area contributed by atoms with E-state index in [1.807, 2.05) is 6.07 Å². The van der Waals surface area contributed by atoms with Crippen molar-refractivity contribution in [1.29, 1.82) is 0 Å². The van der Waals surface area contributed by atoms with E-state index in [1.165, 1.54) is 23.5 Å². The fourth-order valence-corrected chi connectivity index (χ4v) is 4.57. The number of anilines is 1. The smallest absolute Gasteiger partial charge is 0.196 e. The van der Waals surface area contributed by atoms with Crippen LogP contribution in [0.4, 0.5) is 10.2 Å². The molecule has 2 aromatic carbocycles. The van der Waals surface area contributed by atoms with Gasteiger partial charge in [0.1, 0.15) is 17.4 Å². The first kappa shape index (κ1) is 20.5. The van der Waals surface area contributed by atoms with Gasteiger partial charge in [0.25, 0.3) is 0 Å². The second-order valence-corrected chi connectivity index (χ2v) is 7.93. The van der Waals surface area contributed by atoms with Gasteiger partial charge in [-0.2, -0.15) is 0 Å². The van der Waals surface area contributed by atoms with Crippen LogP contribution < -0.4 is 20.8 Å². The molecule has 0 radical (unpaired) electrons. The molecule has 0 aliphatic rings. The Labute approximate surface area is 176 Å². The van der Waals surface area contributed by atoms with Gasteiger partial charge in [-0.15, -0.1) is 11.3 Å². The monoisotopic (exact) mass is 427 g/mol. The van der Waals surface area contributed by atoms with E-state index in [4.69, 9.17) is 14.8 Å². The summed E-state index contributed by atoms with van der Waals surface area (Å²) in [5, 5.41) is 16.9. The predicted molar refractivity (Wildman–Crippen MR) is 120 cm³/mol. The van der Waals surface area contributed by atoms with Crippen LogP contribution in [0.3, 0.4) is 0 Å². The minimum absolute atomic E-state index is 0.107. The topological polar surface area (TPSA) is 83.5 Å². The van der Waals surface area contributed by atoms with Crippen molar-refractivity contribution in [3.05, 3.63) is 52.4 Å². The van der Waals surface area contributed by atoms with E-state index in [1.54, 1.807) is 25.3 Å². The number of fused-ring (bicyclic) bond motifs is 4. The van der Waals surface area contributed by atoms with Gasteiger partial charge in [-0.1, -0.05) is 0 Å². The van der Waals surface area contributed by atoms with Crippen LogP contribution >= 0.6 is 11.3 Å². The largest absolute Gasteiger partial charge is 0.497 e. The third-order valence-corrected chi connectivity index (χ3v) is 6.06. The lowest BCUT2D eigenvalue weighted by atomic mass is 10.1. The number of benzene rings is 2. The molecule has 0 amide bonds. The first-order valence-corrected chi connectivity index (χ1v) is 10.5. The van der Waals surface area contributed by atoms with Crippen molar-refractivity contribution in [2.45, 2.75) is 6.42 Å². The van der Waals surface area contributed by atoms with Crippen LogP contribution in [0.15, 0.2) is 41.2 Å². The number of aliphatic hydroxyl groups excluding tert-OH is 1. The number of pyridine rings is 1. The number of ether oxygens (including phenoxy) is 1. The van der Waals surface area contributed by atoms with Crippen molar-refractivity contribution in [1.82, 2.24) is 10.3 Å². The predicted octanol–water partition coefficient (Wildman–Crippen LogP) is 3.49. The van der Waals surface area contributed by atoms with Crippen molar-refractivity contribution in [3.8, 4) is 5.75 Å². The van der Waals surface area contributed by atoms with Gasteiger partial charge in [0.05, 0.1) is 29.3 Å². The van der Waals surface area contributed by atoms with Gasteiger partial charge in [0.15, 0.2) is 5.43 Å². The van der Waals surface area contributed by atoms with E-state index < -0.39 is 5.82 Å². The van der Waals surface area contributed by atoms with Crippen LogP contribution in [-0.2, 0) is 0 Å². The lowest BCUT2D eigenvalue weighted by molar-refractivity contribution is 0.292. The molecule has 0 unspecified atom stereocenters. The molecule has 0 fully saturated rings. The van der Waals surface area contributed by atoms with Crippen LogP contribution in [0, 0.1) is 5.82 Å². The van der Waals surface area contributed by atoms with Gasteiger partial charge in [-0.25, -0.2) is 9.37 Å². The summed E-state index contributed by atoms with van der Waals surface area (Å²) in [6.45, 7) is 2.08. The fraction of sp³-hybridized carbons (Fsp3) is 0.273. The van der Waals surface area contributed by atoms with Crippen molar-refractivity contribution in [2.24, 2.45) is 0 Å². The number of hydrogen-bond donors (Lipinski definition) is 3. The SMILES string of the molecule is COc1ccc2nc(NCCCNCCO)c3sc4ccc(F)cc4c(=O)c3c2c1. The number of nitrogens with zero attached hydrogens (tertiary/aromatic N) is 1. The summed E-state index contributed by atoms with van der Waals surface area (Å²) >= 11 is 1.42. The number of aliphatic hydroxyl groups is 1. The lowest BCUT2D eigenvalue weighted by Gasteiger charge is -2.13.